The highest BCUT2D eigenvalue weighted by atomic mass is 16.5. The molecule has 0 aliphatic carbocycles. The highest BCUT2D eigenvalue weighted by Gasteiger charge is 2.09. The molecule has 1 nitrogen and oxygen atoms in total. The Bertz CT molecular complexity index is 208. The lowest BCUT2D eigenvalue weighted by Crippen LogP contribution is -2.09. The lowest BCUT2D eigenvalue weighted by atomic mass is 10.0. The molecular weight excluding hydrogens is 208 g/mol. The molecule has 0 fully saturated rings. The summed E-state index contributed by atoms with van der Waals surface area (Å²) in [4.78, 5) is 0. The van der Waals surface area contributed by atoms with Crippen LogP contribution in [0.3, 0.4) is 0 Å². The molecule has 0 saturated carbocycles. The van der Waals surface area contributed by atoms with Crippen LogP contribution in [-0.4, -0.2) is 12.7 Å². The third kappa shape index (κ3) is 7.59. The van der Waals surface area contributed by atoms with Crippen molar-refractivity contribution < 1.29 is 4.74 Å². The molecule has 0 radical (unpaired) electrons. The quantitative estimate of drug-likeness (QED) is 0.414. The average Bonchev–Trinajstić information content (AvgIpc) is 2.52. The second-order valence-corrected chi connectivity index (χ2v) is 5.44. The molecule has 17 heavy (non-hydrogen) atoms. The molecule has 0 bridgehead atoms. The summed E-state index contributed by atoms with van der Waals surface area (Å²) in [5, 5.41) is 0. The molecule has 0 amide bonds. The molecule has 100 valence electrons. The largest absolute Gasteiger partial charge is 0.374 e. The molecule has 0 spiro atoms. The Kier molecular flexibility index (Phi) is 8.42. The Morgan fingerprint density at radius 3 is 2.59 bits per heavy atom. The predicted octanol–water partition coefficient (Wildman–Crippen LogP) is 5.25. The molecule has 0 aromatic heterocycles. The van der Waals surface area contributed by atoms with Crippen molar-refractivity contribution in [1.29, 1.82) is 0 Å². The number of rotatable bonds is 8. The first-order valence-electron chi connectivity index (χ1n) is 7.62. The highest BCUT2D eigenvalue weighted by Crippen LogP contribution is 2.18. The first-order valence-corrected chi connectivity index (χ1v) is 7.62. The fourth-order valence-electron chi connectivity index (χ4n) is 2.50. The number of allylic oxidation sites excluding steroid dienone is 1. The third-order valence-corrected chi connectivity index (χ3v) is 3.61. The maximum atomic E-state index is 5.84. The van der Waals surface area contributed by atoms with Gasteiger partial charge in [0.25, 0.3) is 0 Å². The van der Waals surface area contributed by atoms with Crippen molar-refractivity contribution in [2.24, 2.45) is 0 Å². The average molecular weight is 238 g/mol. The fourth-order valence-corrected chi connectivity index (χ4v) is 2.50. The Morgan fingerprint density at radius 2 is 1.82 bits per heavy atom. The van der Waals surface area contributed by atoms with E-state index in [0.29, 0.717) is 6.10 Å². The minimum absolute atomic E-state index is 0.410. The Labute approximate surface area is 108 Å². The van der Waals surface area contributed by atoms with Crippen molar-refractivity contribution >= 4 is 0 Å². The maximum Gasteiger partial charge on any atom is 0.0758 e. The van der Waals surface area contributed by atoms with Crippen molar-refractivity contribution in [3.8, 4) is 0 Å². The monoisotopic (exact) mass is 238 g/mol. The van der Waals surface area contributed by atoms with Gasteiger partial charge in [-0.25, -0.2) is 0 Å². The van der Waals surface area contributed by atoms with Crippen LogP contribution in [0.15, 0.2) is 11.6 Å². The van der Waals surface area contributed by atoms with E-state index in [9.17, 15) is 0 Å². The number of hydrogen-bond acceptors (Lipinski definition) is 1. The Morgan fingerprint density at radius 1 is 1.12 bits per heavy atom. The number of hydrogen-bond donors (Lipinski definition) is 0. The molecule has 1 aliphatic rings. The molecule has 1 heteroatoms. The summed E-state index contributed by atoms with van der Waals surface area (Å²) in [5.74, 6) is 0. The van der Waals surface area contributed by atoms with Crippen molar-refractivity contribution in [1.82, 2.24) is 0 Å². The van der Waals surface area contributed by atoms with Gasteiger partial charge in [-0.2, -0.15) is 0 Å². The van der Waals surface area contributed by atoms with Gasteiger partial charge in [0.15, 0.2) is 0 Å². The summed E-state index contributed by atoms with van der Waals surface area (Å²) in [5.41, 5.74) is 1.52. The predicted molar refractivity (Wildman–Crippen MR) is 75.3 cm³/mol. The van der Waals surface area contributed by atoms with Gasteiger partial charge in [-0.05, 0) is 26.2 Å². The second-order valence-electron chi connectivity index (χ2n) is 5.44. The van der Waals surface area contributed by atoms with Gasteiger partial charge in [0.05, 0.1) is 6.10 Å². The van der Waals surface area contributed by atoms with Crippen molar-refractivity contribution in [2.45, 2.75) is 84.2 Å². The maximum absolute atomic E-state index is 5.84. The minimum Gasteiger partial charge on any atom is -0.374 e. The van der Waals surface area contributed by atoms with Crippen LogP contribution in [0.1, 0.15) is 78.1 Å². The molecule has 1 aliphatic heterocycles. The molecule has 1 heterocycles. The van der Waals surface area contributed by atoms with E-state index in [2.05, 4.69) is 19.9 Å². The van der Waals surface area contributed by atoms with Gasteiger partial charge in [-0.15, -0.1) is 0 Å². The van der Waals surface area contributed by atoms with Gasteiger partial charge in [0, 0.05) is 6.61 Å². The summed E-state index contributed by atoms with van der Waals surface area (Å²) in [6.07, 6.45) is 16.2. The lowest BCUT2D eigenvalue weighted by Gasteiger charge is -2.12. The molecule has 0 N–H and O–H groups in total. The van der Waals surface area contributed by atoms with Crippen molar-refractivity contribution in [3.05, 3.63) is 11.6 Å². The number of unbranched alkanes of at least 4 members (excludes halogenated alkanes) is 6. The lowest BCUT2D eigenvalue weighted by molar-refractivity contribution is 0.0805. The Balaban J connectivity index is 1.99. The van der Waals surface area contributed by atoms with Gasteiger partial charge in [-0.3, -0.25) is 0 Å². The Hall–Kier alpha value is -0.300. The molecule has 1 rings (SSSR count). The van der Waals surface area contributed by atoms with Crippen molar-refractivity contribution in [3.63, 3.8) is 0 Å². The van der Waals surface area contributed by atoms with Crippen LogP contribution < -0.4 is 0 Å². The standard InChI is InChI=1S/C16H30O/c1-3-4-5-6-7-8-9-12-16-14-15(2)11-10-13-17-16/h14,16H,3-13H2,1-2H3. The molecule has 1 unspecified atom stereocenters. The third-order valence-electron chi connectivity index (χ3n) is 3.61. The van der Waals surface area contributed by atoms with Crippen LogP contribution in [0, 0.1) is 0 Å². The SMILES string of the molecule is CCCCCCCCCC1C=C(C)CCCO1. The van der Waals surface area contributed by atoms with Crippen LogP contribution in [0.5, 0.6) is 0 Å². The zero-order valence-electron chi connectivity index (χ0n) is 11.8. The van der Waals surface area contributed by atoms with Gasteiger partial charge in [0.2, 0.25) is 0 Å². The molecule has 1 atom stereocenters. The van der Waals surface area contributed by atoms with E-state index < -0.39 is 0 Å². The second kappa shape index (κ2) is 9.70. The van der Waals surface area contributed by atoms with Gasteiger partial charge in [-0.1, -0.05) is 63.5 Å². The van der Waals surface area contributed by atoms with E-state index in [1.165, 1.54) is 69.8 Å². The summed E-state index contributed by atoms with van der Waals surface area (Å²) >= 11 is 0. The van der Waals surface area contributed by atoms with Crippen LogP contribution >= 0.6 is 0 Å². The van der Waals surface area contributed by atoms with Crippen LogP contribution in [-0.2, 0) is 4.74 Å². The van der Waals surface area contributed by atoms with Crippen LogP contribution in [0.4, 0.5) is 0 Å². The molecule has 0 aromatic carbocycles. The molecule has 0 aromatic rings. The minimum atomic E-state index is 0.410. The van der Waals surface area contributed by atoms with E-state index in [1.54, 1.807) is 0 Å². The zero-order valence-corrected chi connectivity index (χ0v) is 11.8. The topological polar surface area (TPSA) is 9.23 Å². The van der Waals surface area contributed by atoms with Crippen molar-refractivity contribution in [2.75, 3.05) is 6.61 Å². The highest BCUT2D eigenvalue weighted by molar-refractivity contribution is 5.03. The first-order chi connectivity index (χ1) is 8.33. The van der Waals surface area contributed by atoms with Gasteiger partial charge < -0.3 is 4.74 Å². The van der Waals surface area contributed by atoms with Gasteiger partial charge in [0.1, 0.15) is 0 Å². The summed E-state index contributed by atoms with van der Waals surface area (Å²) in [6.45, 7) is 5.47. The van der Waals surface area contributed by atoms with E-state index in [4.69, 9.17) is 4.74 Å². The van der Waals surface area contributed by atoms with Gasteiger partial charge >= 0.3 is 0 Å². The summed E-state index contributed by atoms with van der Waals surface area (Å²) < 4.78 is 5.84. The summed E-state index contributed by atoms with van der Waals surface area (Å²) in [6, 6.07) is 0. The molecule has 0 saturated heterocycles. The van der Waals surface area contributed by atoms with E-state index in [1.807, 2.05) is 0 Å². The van der Waals surface area contributed by atoms with E-state index in [0.717, 1.165) is 6.61 Å². The molecular formula is C16H30O. The zero-order chi connectivity index (χ0) is 12.3. The first kappa shape index (κ1) is 14.8. The summed E-state index contributed by atoms with van der Waals surface area (Å²) in [7, 11) is 0. The van der Waals surface area contributed by atoms with E-state index in [-0.39, 0.29) is 0 Å². The number of ether oxygens (including phenoxy) is 1. The van der Waals surface area contributed by atoms with E-state index >= 15 is 0 Å². The smallest absolute Gasteiger partial charge is 0.0758 e. The normalized spacial score (nSPS) is 21.1. The van der Waals surface area contributed by atoms with Crippen LogP contribution in [0.25, 0.3) is 0 Å². The van der Waals surface area contributed by atoms with Crippen LogP contribution in [0.2, 0.25) is 0 Å². The fraction of sp³-hybridized carbons (Fsp3) is 0.875.